The molecule has 5 aliphatic carbocycles. The number of nitrogens with one attached hydrogen (secondary N) is 1. The van der Waals surface area contributed by atoms with Crippen molar-refractivity contribution in [3.8, 4) is 0 Å². The summed E-state index contributed by atoms with van der Waals surface area (Å²) in [7, 11) is 0. The zero-order valence-electron chi connectivity index (χ0n) is 43.1. The largest absolute Gasteiger partial charge is 0.462 e. The number of rotatable bonds is 16. The molecular formula is C56H82N6O7. The lowest BCUT2D eigenvalue weighted by molar-refractivity contribution is -0.385. The van der Waals surface area contributed by atoms with Crippen molar-refractivity contribution in [3.05, 3.63) is 91.5 Å². The number of nitrogens with zero attached hydrogens (tertiary/aromatic N) is 5. The molecule has 1 N–H and O–H groups in total. The van der Waals surface area contributed by atoms with Gasteiger partial charge in [0.05, 0.1) is 15.3 Å². The average molecular weight is 951 g/mol. The average Bonchev–Trinajstić information content (AvgIpc) is 3.30. The lowest BCUT2D eigenvalue weighted by Crippen LogP contribution is -2.66. The molecule has 0 radical (unpaired) electrons. The first-order chi connectivity index (χ1) is 32.7. The lowest BCUT2D eigenvalue weighted by Gasteiger charge is -2.71. The van der Waals surface area contributed by atoms with Crippen LogP contribution in [0.25, 0.3) is 0 Å². The van der Waals surface area contributed by atoms with Crippen molar-refractivity contribution < 1.29 is 24.2 Å². The summed E-state index contributed by atoms with van der Waals surface area (Å²) < 4.78 is 5.99. The van der Waals surface area contributed by atoms with Gasteiger partial charge in [-0.25, -0.2) is 0 Å². The molecular weight excluding hydrogens is 869 g/mol. The number of fused-ring (bicyclic) bond motifs is 7. The maximum atomic E-state index is 14.8. The number of carbonyl (C=O) groups excluding carboxylic acids is 2. The van der Waals surface area contributed by atoms with E-state index < -0.39 is 0 Å². The number of hydrogen-bond acceptors (Lipinski definition) is 10. The highest BCUT2D eigenvalue weighted by Crippen LogP contribution is 2.76. The van der Waals surface area contributed by atoms with E-state index in [0.717, 1.165) is 121 Å². The predicted molar refractivity (Wildman–Crippen MR) is 270 cm³/mol. The van der Waals surface area contributed by atoms with Crippen molar-refractivity contribution in [1.82, 2.24) is 20.0 Å². The van der Waals surface area contributed by atoms with Crippen molar-refractivity contribution in [2.24, 2.45) is 56.7 Å². The summed E-state index contributed by atoms with van der Waals surface area (Å²) in [5.74, 6) is 2.49. The normalized spacial score (nSPS) is 34.3. The Labute approximate surface area is 411 Å². The van der Waals surface area contributed by atoms with Crippen LogP contribution in [0, 0.1) is 76.9 Å². The maximum absolute atomic E-state index is 14.8. The first kappa shape index (κ1) is 51.2. The van der Waals surface area contributed by atoms with Crippen LogP contribution in [0.3, 0.4) is 0 Å². The Morgan fingerprint density at radius 3 is 1.90 bits per heavy atom. The number of benzene rings is 2. The summed E-state index contributed by atoms with van der Waals surface area (Å²) >= 11 is 0. The molecule has 5 fully saturated rings. The van der Waals surface area contributed by atoms with E-state index in [0.29, 0.717) is 49.2 Å². The molecule has 0 unspecified atom stereocenters. The Hall–Kier alpha value is -4.20. The topological polar surface area (TPSA) is 151 Å². The summed E-state index contributed by atoms with van der Waals surface area (Å²) in [5.41, 5.74) is 3.66. The molecule has 0 aromatic heterocycles. The van der Waals surface area contributed by atoms with Gasteiger partial charge in [0.1, 0.15) is 6.10 Å². The molecule has 10 atom stereocenters. The zero-order valence-corrected chi connectivity index (χ0v) is 43.1. The Kier molecular flexibility index (Phi) is 14.9. The zero-order chi connectivity index (χ0) is 49.5. The third-order valence-electron chi connectivity index (χ3n) is 20.1. The van der Waals surface area contributed by atoms with Crippen LogP contribution < -0.4 is 5.32 Å². The standard InChI is InChI=1S/C56H82N6O7/c1-39-21-26-56(28-27-54(7)46(50(56)40(39)2)19-20-48-53(6)24-23-49(69-41(3)63)52(4,5)47(53)22-25-55(48,54)8)51(64)57-29-9-30-58-33-35-59(36-34-58)31-10-32-60(37-42-11-15-44(16-12-42)61(65)66)38-43-13-17-45(18-14-43)62(67)68/h11-19,39-40,47-50H,9-10,20-38H2,1-8H3,(H,57,64)/t39-,40+,47+,48-,49+,50+,53+,54-,55-,56+/m1/s1. The van der Waals surface area contributed by atoms with Gasteiger partial charge in [-0.3, -0.25) is 34.7 Å². The van der Waals surface area contributed by atoms with Crippen LogP contribution in [0.2, 0.25) is 0 Å². The number of amides is 1. The van der Waals surface area contributed by atoms with E-state index in [2.05, 4.69) is 74.6 Å². The van der Waals surface area contributed by atoms with Crippen molar-refractivity contribution in [1.29, 1.82) is 0 Å². The van der Waals surface area contributed by atoms with Gasteiger partial charge >= 0.3 is 5.97 Å². The number of non-ortho nitro benzene ring substituents is 2. The van der Waals surface area contributed by atoms with Crippen molar-refractivity contribution in [2.45, 2.75) is 145 Å². The number of nitro groups is 2. The fourth-order valence-electron chi connectivity index (χ4n) is 15.9. The van der Waals surface area contributed by atoms with Crippen molar-refractivity contribution in [2.75, 3.05) is 52.4 Å². The van der Waals surface area contributed by atoms with Gasteiger partial charge in [0.25, 0.3) is 11.4 Å². The molecule has 13 heteroatoms. The summed E-state index contributed by atoms with van der Waals surface area (Å²) in [6.07, 6.45) is 14.1. The molecule has 1 amide bonds. The third kappa shape index (κ3) is 9.79. The van der Waals surface area contributed by atoms with Gasteiger partial charge in [0, 0.05) is 89.0 Å². The molecule has 1 saturated heterocycles. The van der Waals surface area contributed by atoms with Gasteiger partial charge in [-0.2, -0.15) is 0 Å². The first-order valence-corrected chi connectivity index (χ1v) is 26.5. The Morgan fingerprint density at radius 2 is 1.33 bits per heavy atom. The van der Waals surface area contributed by atoms with E-state index in [4.69, 9.17) is 4.74 Å². The Balaban J connectivity index is 0.839. The van der Waals surface area contributed by atoms with Crippen LogP contribution in [0.4, 0.5) is 11.4 Å². The Bertz CT molecular complexity index is 2170. The SMILES string of the molecule is CC(=O)O[C@H]1CC[C@]2(C)[C@H]3CC=C4[C@@H]5[C@@H](C)[C@H](C)CC[C@]5(C(=O)NCCCN5CCN(CCCN(Cc6ccc([N+](=O)[O-])cc6)Cc6ccc([N+](=O)[O-])cc6)CC5)CC[C@@]4(C)[C@]3(C)CC[C@H]2C1(C)C. The van der Waals surface area contributed by atoms with Gasteiger partial charge in [0.2, 0.25) is 5.91 Å². The maximum Gasteiger partial charge on any atom is 0.302 e. The molecule has 8 rings (SSSR count). The van der Waals surface area contributed by atoms with Gasteiger partial charge in [-0.15, -0.1) is 0 Å². The number of ether oxygens (including phenoxy) is 1. The number of nitro benzene ring substituents is 2. The molecule has 4 saturated carbocycles. The number of carbonyl (C=O) groups is 2. The van der Waals surface area contributed by atoms with Crippen LogP contribution in [0.1, 0.15) is 137 Å². The molecule has 378 valence electrons. The molecule has 1 heterocycles. The fraction of sp³-hybridized carbons (Fsp3) is 0.714. The third-order valence-corrected chi connectivity index (χ3v) is 20.1. The van der Waals surface area contributed by atoms with Crippen LogP contribution >= 0.6 is 0 Å². The minimum atomic E-state index is -0.385. The van der Waals surface area contributed by atoms with Crippen molar-refractivity contribution in [3.63, 3.8) is 0 Å². The molecule has 69 heavy (non-hydrogen) atoms. The van der Waals surface area contributed by atoms with Crippen LogP contribution in [-0.4, -0.2) is 94.9 Å². The van der Waals surface area contributed by atoms with Crippen LogP contribution in [0.5, 0.6) is 0 Å². The van der Waals surface area contributed by atoms with E-state index in [9.17, 15) is 29.8 Å². The van der Waals surface area contributed by atoms with Crippen LogP contribution in [-0.2, 0) is 27.4 Å². The predicted octanol–water partition coefficient (Wildman–Crippen LogP) is 10.6. The second-order valence-corrected chi connectivity index (χ2v) is 24.0. The van der Waals surface area contributed by atoms with Gasteiger partial charge in [-0.1, -0.05) is 84.4 Å². The number of esters is 1. The lowest BCUT2D eigenvalue weighted by atomic mass is 9.33. The monoisotopic (exact) mass is 951 g/mol. The molecule has 1 aliphatic heterocycles. The number of hydrogen-bond donors (Lipinski definition) is 1. The van der Waals surface area contributed by atoms with Gasteiger partial charge in [-0.05, 0) is 141 Å². The minimum Gasteiger partial charge on any atom is -0.462 e. The highest BCUT2D eigenvalue weighted by atomic mass is 16.6. The highest BCUT2D eigenvalue weighted by Gasteiger charge is 2.69. The van der Waals surface area contributed by atoms with E-state index in [1.54, 1.807) is 61.0 Å². The second-order valence-electron chi connectivity index (χ2n) is 24.0. The number of allylic oxidation sites excluding steroid dienone is 2. The van der Waals surface area contributed by atoms with E-state index >= 15 is 0 Å². The Morgan fingerprint density at radius 1 is 0.754 bits per heavy atom. The first-order valence-electron chi connectivity index (χ1n) is 26.5. The second kappa shape index (κ2) is 20.1. The number of piperazine rings is 1. The highest BCUT2D eigenvalue weighted by molar-refractivity contribution is 5.84. The fourth-order valence-corrected chi connectivity index (χ4v) is 15.9. The van der Waals surface area contributed by atoms with Crippen molar-refractivity contribution >= 4 is 23.3 Å². The molecule has 13 nitrogen and oxygen atoms in total. The van der Waals surface area contributed by atoms with E-state index in [1.165, 1.54) is 6.42 Å². The van der Waals surface area contributed by atoms with Gasteiger partial charge in [0.15, 0.2) is 0 Å². The quantitative estimate of drug-likeness (QED) is 0.0566. The molecule has 0 spiro atoms. The molecule has 6 aliphatic rings. The van der Waals surface area contributed by atoms with E-state index in [-0.39, 0.29) is 66.3 Å². The summed E-state index contributed by atoms with van der Waals surface area (Å²) in [5, 5.41) is 26.0. The van der Waals surface area contributed by atoms with Gasteiger partial charge < -0.3 is 19.9 Å². The summed E-state index contributed by atoms with van der Waals surface area (Å²) in [6.45, 7) is 27.7. The molecule has 0 bridgehead atoms. The summed E-state index contributed by atoms with van der Waals surface area (Å²) in [4.78, 5) is 56.1. The molecule has 2 aromatic rings. The van der Waals surface area contributed by atoms with E-state index in [1.807, 2.05) is 0 Å². The smallest absolute Gasteiger partial charge is 0.302 e. The summed E-state index contributed by atoms with van der Waals surface area (Å²) in [6, 6.07) is 13.4. The molecule has 2 aromatic carbocycles. The minimum absolute atomic E-state index is 0.0259. The van der Waals surface area contributed by atoms with Crippen LogP contribution in [0.15, 0.2) is 60.2 Å².